The van der Waals surface area contributed by atoms with Gasteiger partial charge in [-0.25, -0.2) is 4.79 Å². The fraction of sp³-hybridized carbons (Fsp3) is 0.650. The van der Waals surface area contributed by atoms with Crippen LogP contribution in [0, 0.1) is 0 Å². The van der Waals surface area contributed by atoms with Crippen LogP contribution in [0.5, 0.6) is 0 Å². The van der Waals surface area contributed by atoms with Gasteiger partial charge < -0.3 is 14.5 Å². The number of hydrogen-bond donors (Lipinski definition) is 1. The molecule has 0 atom stereocenters. The summed E-state index contributed by atoms with van der Waals surface area (Å²) in [5.41, 5.74) is 1.00. The van der Waals surface area contributed by atoms with E-state index in [2.05, 4.69) is 39.2 Å². The van der Waals surface area contributed by atoms with E-state index in [0.29, 0.717) is 12.7 Å². The first kappa shape index (κ1) is 20.0. The Morgan fingerprint density at radius 3 is 2.28 bits per heavy atom. The van der Waals surface area contributed by atoms with Crippen molar-refractivity contribution in [3.63, 3.8) is 0 Å². The minimum absolute atomic E-state index is 0.197. The summed E-state index contributed by atoms with van der Waals surface area (Å²) in [4.78, 5) is 12.0. The average Bonchev–Trinajstić information content (AvgIpc) is 2.54. The van der Waals surface area contributed by atoms with Gasteiger partial charge in [0.25, 0.3) is 0 Å². The number of carbonyl (C=O) groups is 1. The molecule has 25 heavy (non-hydrogen) atoms. The molecule has 1 fully saturated rings. The molecule has 1 saturated carbocycles. The number of alkyl carbamates (subject to hydrolysis) is 1. The van der Waals surface area contributed by atoms with Gasteiger partial charge in [0.2, 0.25) is 0 Å². The van der Waals surface area contributed by atoms with Crippen molar-refractivity contribution in [2.45, 2.75) is 83.3 Å². The van der Waals surface area contributed by atoms with Crippen LogP contribution in [-0.4, -0.2) is 26.6 Å². The molecule has 1 aromatic rings. The van der Waals surface area contributed by atoms with Gasteiger partial charge >= 0.3 is 6.09 Å². The van der Waals surface area contributed by atoms with Gasteiger partial charge in [0.1, 0.15) is 6.61 Å². The summed E-state index contributed by atoms with van der Waals surface area (Å²) in [6.07, 6.45) is 3.95. The van der Waals surface area contributed by atoms with Crippen LogP contribution in [0.2, 0.25) is 18.1 Å². The Morgan fingerprint density at radius 1 is 1.12 bits per heavy atom. The third kappa shape index (κ3) is 6.15. The van der Waals surface area contributed by atoms with Crippen LogP contribution in [0.3, 0.4) is 0 Å². The van der Waals surface area contributed by atoms with Crippen LogP contribution in [0.15, 0.2) is 30.3 Å². The highest BCUT2D eigenvalue weighted by Gasteiger charge is 2.39. The maximum atomic E-state index is 12.0. The summed E-state index contributed by atoms with van der Waals surface area (Å²) >= 11 is 0. The molecule has 1 aliphatic carbocycles. The molecule has 1 amide bonds. The van der Waals surface area contributed by atoms with Crippen molar-refractivity contribution in [3.8, 4) is 0 Å². The minimum Gasteiger partial charge on any atom is -0.445 e. The number of benzene rings is 1. The normalized spacial score (nSPS) is 21.6. The van der Waals surface area contributed by atoms with Crippen LogP contribution in [0.1, 0.15) is 52.0 Å². The first-order chi connectivity index (χ1) is 11.7. The second-order valence-electron chi connectivity index (χ2n) is 8.56. The summed E-state index contributed by atoms with van der Waals surface area (Å²) < 4.78 is 11.8. The van der Waals surface area contributed by atoms with Gasteiger partial charge in [-0.2, -0.15) is 0 Å². The molecule has 0 bridgehead atoms. The zero-order chi connectivity index (χ0) is 18.5. The van der Waals surface area contributed by atoms with Crippen LogP contribution in [-0.2, 0) is 15.8 Å². The van der Waals surface area contributed by atoms with E-state index >= 15 is 0 Å². The van der Waals surface area contributed by atoms with Crippen molar-refractivity contribution in [1.82, 2.24) is 5.32 Å². The molecule has 1 N–H and O–H groups in total. The van der Waals surface area contributed by atoms with Gasteiger partial charge in [-0.1, -0.05) is 51.1 Å². The quantitative estimate of drug-likeness (QED) is 0.727. The van der Waals surface area contributed by atoms with E-state index < -0.39 is 8.32 Å². The molecule has 0 spiro atoms. The molecule has 0 unspecified atom stereocenters. The molecular formula is C20H33NO3Si. The molecule has 1 aromatic carbocycles. The SMILES string of the molecule is CC(C)(C)[Si](C)(C)O[C@H]1CC[C@@H](NC(=O)OCc2ccccc2)CC1. The summed E-state index contributed by atoms with van der Waals surface area (Å²) in [5.74, 6) is 0. The molecule has 0 radical (unpaired) electrons. The van der Waals surface area contributed by atoms with E-state index in [1.165, 1.54) is 0 Å². The molecule has 4 nitrogen and oxygen atoms in total. The van der Waals surface area contributed by atoms with Gasteiger partial charge in [-0.15, -0.1) is 0 Å². The number of hydrogen-bond acceptors (Lipinski definition) is 3. The van der Waals surface area contributed by atoms with Crippen molar-refractivity contribution >= 4 is 14.4 Å². The number of ether oxygens (including phenoxy) is 1. The van der Waals surface area contributed by atoms with E-state index in [4.69, 9.17) is 9.16 Å². The van der Waals surface area contributed by atoms with Crippen molar-refractivity contribution in [2.24, 2.45) is 0 Å². The Kier molecular flexibility index (Phi) is 6.69. The van der Waals surface area contributed by atoms with Crippen molar-refractivity contribution in [1.29, 1.82) is 0 Å². The first-order valence-electron chi connectivity index (χ1n) is 9.32. The Hall–Kier alpha value is -1.33. The first-order valence-corrected chi connectivity index (χ1v) is 12.2. The largest absolute Gasteiger partial charge is 0.445 e. The zero-order valence-corrected chi connectivity index (χ0v) is 17.3. The molecule has 2 rings (SSSR count). The fourth-order valence-corrected chi connectivity index (χ4v) is 4.27. The summed E-state index contributed by atoms with van der Waals surface area (Å²) in [5, 5.41) is 3.24. The Morgan fingerprint density at radius 2 is 1.72 bits per heavy atom. The number of amides is 1. The highest BCUT2D eigenvalue weighted by atomic mass is 28.4. The van der Waals surface area contributed by atoms with Gasteiger partial charge in [-0.05, 0) is 49.4 Å². The molecule has 0 heterocycles. The molecule has 140 valence electrons. The molecule has 0 aromatic heterocycles. The smallest absolute Gasteiger partial charge is 0.407 e. The average molecular weight is 364 g/mol. The molecule has 0 aliphatic heterocycles. The second-order valence-corrected chi connectivity index (χ2v) is 13.3. The van der Waals surface area contributed by atoms with Crippen molar-refractivity contribution in [2.75, 3.05) is 0 Å². The van der Waals surface area contributed by atoms with Crippen LogP contribution >= 0.6 is 0 Å². The lowest BCUT2D eigenvalue weighted by molar-refractivity contribution is 0.109. The van der Waals surface area contributed by atoms with E-state index in [9.17, 15) is 4.79 Å². The van der Waals surface area contributed by atoms with Gasteiger partial charge in [0.15, 0.2) is 8.32 Å². The Balaban J connectivity index is 1.70. The molecular weight excluding hydrogens is 330 g/mol. The number of rotatable bonds is 5. The Bertz CT molecular complexity index is 546. The summed E-state index contributed by atoms with van der Waals surface area (Å²) in [7, 11) is -1.71. The topological polar surface area (TPSA) is 47.6 Å². The molecule has 1 aliphatic rings. The Labute approximate surface area is 153 Å². The lowest BCUT2D eigenvalue weighted by Gasteiger charge is -2.41. The highest BCUT2D eigenvalue weighted by molar-refractivity contribution is 6.74. The van der Waals surface area contributed by atoms with E-state index in [-0.39, 0.29) is 17.2 Å². The van der Waals surface area contributed by atoms with Gasteiger partial charge in [0.05, 0.1) is 0 Å². The minimum atomic E-state index is -1.71. The van der Waals surface area contributed by atoms with E-state index in [1.54, 1.807) is 0 Å². The van der Waals surface area contributed by atoms with Crippen LogP contribution in [0.4, 0.5) is 4.79 Å². The fourth-order valence-electron chi connectivity index (χ4n) is 2.85. The zero-order valence-electron chi connectivity index (χ0n) is 16.3. The van der Waals surface area contributed by atoms with Gasteiger partial charge in [-0.3, -0.25) is 0 Å². The number of carbonyl (C=O) groups excluding carboxylic acids is 1. The second kappa shape index (κ2) is 8.36. The van der Waals surface area contributed by atoms with Gasteiger partial charge in [0, 0.05) is 12.1 Å². The van der Waals surface area contributed by atoms with E-state index in [0.717, 1.165) is 31.2 Å². The third-order valence-corrected chi connectivity index (χ3v) is 10.0. The van der Waals surface area contributed by atoms with Crippen LogP contribution < -0.4 is 5.32 Å². The number of nitrogens with one attached hydrogen (secondary N) is 1. The molecule has 0 saturated heterocycles. The summed E-state index contributed by atoms with van der Waals surface area (Å²) in [6.45, 7) is 11.7. The molecule has 5 heteroatoms. The monoisotopic (exact) mass is 363 g/mol. The van der Waals surface area contributed by atoms with Crippen molar-refractivity contribution in [3.05, 3.63) is 35.9 Å². The maximum Gasteiger partial charge on any atom is 0.407 e. The van der Waals surface area contributed by atoms with Crippen LogP contribution in [0.25, 0.3) is 0 Å². The van der Waals surface area contributed by atoms with Crippen molar-refractivity contribution < 1.29 is 14.0 Å². The standard InChI is InChI=1S/C20H33NO3Si/c1-20(2,3)25(4,5)24-18-13-11-17(12-14-18)21-19(22)23-15-16-9-7-6-8-10-16/h6-10,17-18H,11-15H2,1-5H3,(H,21,22)/t17-,18+. The maximum absolute atomic E-state index is 12.0. The lowest BCUT2D eigenvalue weighted by Crippen LogP contribution is -2.46. The predicted molar refractivity (Wildman–Crippen MR) is 104 cm³/mol. The predicted octanol–water partition coefficient (Wildman–Crippen LogP) is 5.25. The third-order valence-electron chi connectivity index (χ3n) is 5.48. The summed E-state index contributed by atoms with van der Waals surface area (Å²) in [6, 6.07) is 9.95. The van der Waals surface area contributed by atoms with E-state index in [1.807, 2.05) is 30.3 Å². The highest BCUT2D eigenvalue weighted by Crippen LogP contribution is 2.39. The lowest BCUT2D eigenvalue weighted by atomic mass is 9.93.